The molecule has 2 N–H and O–H groups in total. The van der Waals surface area contributed by atoms with Crippen LogP contribution in [0.15, 0.2) is 36.4 Å². The smallest absolute Gasteiger partial charge is 0.325 e. The van der Waals surface area contributed by atoms with Gasteiger partial charge in [-0.1, -0.05) is 24.3 Å². The van der Waals surface area contributed by atoms with E-state index in [4.69, 9.17) is 9.47 Å². The molecule has 0 radical (unpaired) electrons. The summed E-state index contributed by atoms with van der Waals surface area (Å²) in [6, 6.07) is 10.5. The van der Waals surface area contributed by atoms with Crippen molar-refractivity contribution in [2.45, 2.75) is 32.7 Å². The van der Waals surface area contributed by atoms with E-state index >= 15 is 0 Å². The lowest BCUT2D eigenvalue weighted by Gasteiger charge is -2.22. The molecule has 0 aliphatic carbocycles. The molecule has 8 nitrogen and oxygen atoms in total. The third-order valence-corrected chi connectivity index (χ3v) is 5.39. The van der Waals surface area contributed by atoms with Crippen molar-refractivity contribution in [2.24, 2.45) is 0 Å². The first-order valence-electron chi connectivity index (χ1n) is 9.65. The second kappa shape index (κ2) is 7.37. The molecule has 2 aromatic rings. The number of nitrogens with zero attached hydrogens (tertiary/aromatic N) is 1. The monoisotopic (exact) mass is 409 g/mol. The Morgan fingerprint density at radius 1 is 1.13 bits per heavy atom. The number of hydrogen-bond acceptors (Lipinski definition) is 5. The van der Waals surface area contributed by atoms with Gasteiger partial charge < -0.3 is 20.1 Å². The molecule has 2 heterocycles. The fourth-order valence-electron chi connectivity index (χ4n) is 3.80. The number of imide groups is 1. The van der Waals surface area contributed by atoms with Crippen molar-refractivity contribution >= 4 is 23.5 Å². The minimum absolute atomic E-state index is 0.162. The number of carbonyl (C=O) groups excluding carboxylic acids is 3. The lowest BCUT2D eigenvalue weighted by atomic mass is 9.92. The molecule has 2 aliphatic heterocycles. The molecule has 0 spiro atoms. The summed E-state index contributed by atoms with van der Waals surface area (Å²) in [5.41, 5.74) is 2.18. The zero-order chi connectivity index (χ0) is 21.5. The Kier molecular flexibility index (Phi) is 4.85. The Labute approximate surface area is 174 Å². The van der Waals surface area contributed by atoms with Crippen molar-refractivity contribution in [3.8, 4) is 11.5 Å². The SMILES string of the molecule is Cc1cccc(C)c1NC(=O)CN1C(=O)N[C@@](C)(Cc2ccc3c(c2)OCO3)C1=O. The standard InChI is InChI=1S/C22H23N3O5/c1-13-5-4-6-14(2)19(13)23-18(26)11-25-20(27)22(3,24-21(25)28)10-15-7-8-16-17(9-15)30-12-29-16/h4-9H,10-12H2,1-3H3,(H,23,26)(H,24,28)/t22-/m0/s1. The highest BCUT2D eigenvalue weighted by atomic mass is 16.7. The maximum Gasteiger partial charge on any atom is 0.325 e. The van der Waals surface area contributed by atoms with Gasteiger partial charge in [0.05, 0.1) is 0 Å². The van der Waals surface area contributed by atoms with Gasteiger partial charge in [0.15, 0.2) is 11.5 Å². The van der Waals surface area contributed by atoms with Gasteiger partial charge in [-0.2, -0.15) is 0 Å². The highest BCUT2D eigenvalue weighted by Crippen LogP contribution is 2.34. The van der Waals surface area contributed by atoms with Crippen LogP contribution in [-0.4, -0.2) is 41.6 Å². The van der Waals surface area contributed by atoms with Crippen LogP contribution in [0.1, 0.15) is 23.6 Å². The van der Waals surface area contributed by atoms with Crippen molar-refractivity contribution in [3.63, 3.8) is 0 Å². The summed E-state index contributed by atoms with van der Waals surface area (Å²) < 4.78 is 10.7. The van der Waals surface area contributed by atoms with Crippen LogP contribution in [-0.2, 0) is 16.0 Å². The van der Waals surface area contributed by atoms with E-state index in [9.17, 15) is 14.4 Å². The van der Waals surface area contributed by atoms with Gasteiger partial charge in [0.2, 0.25) is 12.7 Å². The van der Waals surface area contributed by atoms with Gasteiger partial charge >= 0.3 is 6.03 Å². The second-order valence-electron chi connectivity index (χ2n) is 7.83. The molecular formula is C22H23N3O5. The Morgan fingerprint density at radius 2 is 1.83 bits per heavy atom. The summed E-state index contributed by atoms with van der Waals surface area (Å²) in [4.78, 5) is 39.0. The largest absolute Gasteiger partial charge is 0.454 e. The first-order valence-corrected chi connectivity index (χ1v) is 9.65. The molecule has 0 aromatic heterocycles. The van der Waals surface area contributed by atoms with E-state index in [-0.39, 0.29) is 19.8 Å². The number of ether oxygens (including phenoxy) is 2. The number of fused-ring (bicyclic) bond motifs is 1. The van der Waals surface area contributed by atoms with Crippen LogP contribution in [0.3, 0.4) is 0 Å². The molecule has 4 amide bonds. The van der Waals surface area contributed by atoms with Gasteiger partial charge in [0.1, 0.15) is 12.1 Å². The molecule has 0 unspecified atom stereocenters. The number of anilines is 1. The zero-order valence-corrected chi connectivity index (χ0v) is 17.1. The Hall–Kier alpha value is -3.55. The third-order valence-electron chi connectivity index (χ3n) is 5.39. The summed E-state index contributed by atoms with van der Waals surface area (Å²) in [5, 5.41) is 5.53. The third kappa shape index (κ3) is 3.56. The van der Waals surface area contributed by atoms with E-state index in [0.717, 1.165) is 21.6 Å². The van der Waals surface area contributed by atoms with Gasteiger partial charge in [0.25, 0.3) is 5.91 Å². The molecular weight excluding hydrogens is 386 g/mol. The molecule has 1 saturated heterocycles. The summed E-state index contributed by atoms with van der Waals surface area (Å²) in [6.07, 6.45) is 0.267. The van der Waals surface area contributed by atoms with Gasteiger partial charge in [-0.15, -0.1) is 0 Å². The normalized spacial score (nSPS) is 19.8. The average Bonchev–Trinajstić information content (AvgIpc) is 3.23. The zero-order valence-electron chi connectivity index (χ0n) is 17.1. The van der Waals surface area contributed by atoms with E-state index in [2.05, 4.69) is 10.6 Å². The van der Waals surface area contributed by atoms with Crippen molar-refractivity contribution < 1.29 is 23.9 Å². The van der Waals surface area contributed by atoms with Crippen LogP contribution in [0.5, 0.6) is 11.5 Å². The van der Waals surface area contributed by atoms with Crippen LogP contribution >= 0.6 is 0 Å². The topological polar surface area (TPSA) is 97.0 Å². The lowest BCUT2D eigenvalue weighted by Crippen LogP contribution is -2.46. The summed E-state index contributed by atoms with van der Waals surface area (Å²) in [6.45, 7) is 5.24. The highest BCUT2D eigenvalue weighted by molar-refractivity contribution is 6.10. The van der Waals surface area contributed by atoms with Gasteiger partial charge in [-0.25, -0.2) is 4.79 Å². The molecule has 1 fully saturated rings. The number of para-hydroxylation sites is 1. The quantitative estimate of drug-likeness (QED) is 0.740. The van der Waals surface area contributed by atoms with Gasteiger partial charge in [-0.05, 0) is 49.6 Å². The minimum atomic E-state index is -1.15. The van der Waals surface area contributed by atoms with Gasteiger partial charge in [-0.3, -0.25) is 14.5 Å². The highest BCUT2D eigenvalue weighted by Gasteiger charge is 2.48. The predicted molar refractivity (Wildman–Crippen MR) is 109 cm³/mol. The second-order valence-corrected chi connectivity index (χ2v) is 7.83. The number of nitrogens with one attached hydrogen (secondary N) is 2. The number of urea groups is 1. The number of aryl methyl sites for hydroxylation is 2. The van der Waals surface area contributed by atoms with E-state index in [1.807, 2.05) is 38.1 Å². The Balaban J connectivity index is 1.46. The maximum atomic E-state index is 13.0. The maximum absolute atomic E-state index is 13.0. The van der Waals surface area contributed by atoms with Crippen molar-refractivity contribution in [1.29, 1.82) is 0 Å². The Morgan fingerprint density at radius 3 is 2.57 bits per heavy atom. The first-order chi connectivity index (χ1) is 14.3. The van der Waals surface area contributed by atoms with E-state index in [1.165, 1.54) is 0 Å². The molecule has 156 valence electrons. The number of carbonyl (C=O) groups is 3. The van der Waals surface area contributed by atoms with Crippen molar-refractivity contribution in [2.75, 3.05) is 18.7 Å². The molecule has 8 heteroatoms. The molecule has 2 aromatic carbocycles. The minimum Gasteiger partial charge on any atom is -0.454 e. The number of hydrogen-bond donors (Lipinski definition) is 2. The summed E-state index contributed by atoms with van der Waals surface area (Å²) in [5.74, 6) is 0.387. The number of rotatable bonds is 5. The van der Waals surface area contributed by atoms with Crippen LogP contribution in [0.25, 0.3) is 0 Å². The molecule has 30 heavy (non-hydrogen) atoms. The fraction of sp³-hybridized carbons (Fsp3) is 0.318. The van der Waals surface area contributed by atoms with Crippen molar-refractivity contribution in [1.82, 2.24) is 10.2 Å². The Bertz CT molecular complexity index is 1030. The van der Waals surface area contributed by atoms with Crippen molar-refractivity contribution in [3.05, 3.63) is 53.1 Å². The predicted octanol–water partition coefficient (Wildman–Crippen LogP) is 2.52. The number of amides is 4. The lowest BCUT2D eigenvalue weighted by molar-refractivity contribution is -0.133. The molecule has 1 atom stereocenters. The van der Waals surface area contributed by atoms with Crippen LogP contribution in [0.4, 0.5) is 10.5 Å². The first kappa shape index (κ1) is 19.8. The van der Waals surface area contributed by atoms with Crippen LogP contribution < -0.4 is 20.1 Å². The van der Waals surface area contributed by atoms with Crippen LogP contribution in [0, 0.1) is 13.8 Å². The summed E-state index contributed by atoms with van der Waals surface area (Å²) in [7, 11) is 0. The molecule has 0 saturated carbocycles. The van der Waals surface area contributed by atoms with Crippen LogP contribution in [0.2, 0.25) is 0 Å². The van der Waals surface area contributed by atoms with E-state index in [0.29, 0.717) is 17.2 Å². The molecule has 0 bridgehead atoms. The average molecular weight is 409 g/mol. The molecule has 2 aliphatic rings. The van der Waals surface area contributed by atoms with E-state index < -0.39 is 23.4 Å². The summed E-state index contributed by atoms with van der Waals surface area (Å²) >= 11 is 0. The van der Waals surface area contributed by atoms with E-state index in [1.54, 1.807) is 19.1 Å². The fourth-order valence-corrected chi connectivity index (χ4v) is 3.80. The molecule has 4 rings (SSSR count). The number of benzene rings is 2. The van der Waals surface area contributed by atoms with Gasteiger partial charge in [0, 0.05) is 12.1 Å².